The summed E-state index contributed by atoms with van der Waals surface area (Å²) in [7, 11) is 0. The zero-order valence-electron chi connectivity index (χ0n) is 15.8. The largest absolute Gasteiger partial charge is 0.459 e. The molecule has 0 spiro atoms. The molecule has 1 aliphatic heterocycles. The Bertz CT molecular complexity index is 750. The lowest BCUT2D eigenvalue weighted by Gasteiger charge is -2.35. The standard InChI is InChI=1S/C21H27N3O3/c1-17-6-2-3-7-18(17)16-23-11-13-24(14-12-23)20(25)9-4-10-22-21(26)19-8-5-15-27-19/h2-3,5-8,15H,4,9-14,16H2,1H3,(H,22,26). The Balaban J connectivity index is 1.34. The van der Waals surface area contributed by atoms with E-state index in [0.717, 1.165) is 32.7 Å². The number of furan rings is 1. The van der Waals surface area contributed by atoms with E-state index in [4.69, 9.17) is 4.42 Å². The van der Waals surface area contributed by atoms with Gasteiger partial charge in [0.1, 0.15) is 0 Å². The van der Waals surface area contributed by atoms with E-state index in [1.807, 2.05) is 4.90 Å². The molecule has 0 aliphatic carbocycles. The van der Waals surface area contributed by atoms with Gasteiger partial charge in [-0.3, -0.25) is 14.5 Å². The third-order valence-corrected chi connectivity index (χ3v) is 4.98. The smallest absolute Gasteiger partial charge is 0.286 e. The summed E-state index contributed by atoms with van der Waals surface area (Å²) in [5, 5.41) is 2.77. The van der Waals surface area contributed by atoms with Crippen molar-refractivity contribution in [3.8, 4) is 0 Å². The number of nitrogens with zero attached hydrogens (tertiary/aromatic N) is 2. The third kappa shape index (κ3) is 5.44. The van der Waals surface area contributed by atoms with Gasteiger partial charge in [-0.1, -0.05) is 24.3 Å². The summed E-state index contributed by atoms with van der Waals surface area (Å²) in [4.78, 5) is 28.5. The zero-order valence-corrected chi connectivity index (χ0v) is 15.8. The Labute approximate surface area is 160 Å². The summed E-state index contributed by atoms with van der Waals surface area (Å²) in [5.41, 5.74) is 2.66. The van der Waals surface area contributed by atoms with Gasteiger partial charge in [0.15, 0.2) is 5.76 Å². The van der Waals surface area contributed by atoms with Gasteiger partial charge < -0.3 is 14.6 Å². The van der Waals surface area contributed by atoms with Gasteiger partial charge in [0, 0.05) is 45.7 Å². The molecule has 0 bridgehead atoms. The maximum atomic E-state index is 12.4. The number of hydrogen-bond donors (Lipinski definition) is 1. The van der Waals surface area contributed by atoms with Crippen LogP contribution in [0.15, 0.2) is 47.1 Å². The number of aryl methyl sites for hydroxylation is 1. The first-order valence-electron chi connectivity index (χ1n) is 9.50. The Morgan fingerprint density at radius 2 is 1.85 bits per heavy atom. The van der Waals surface area contributed by atoms with Crippen LogP contribution in [0, 0.1) is 6.92 Å². The van der Waals surface area contributed by atoms with Gasteiger partial charge in [0.05, 0.1) is 6.26 Å². The molecule has 0 atom stereocenters. The van der Waals surface area contributed by atoms with Crippen LogP contribution in [-0.4, -0.2) is 54.3 Å². The second kappa shape index (κ2) is 9.37. The minimum atomic E-state index is -0.239. The van der Waals surface area contributed by atoms with Crippen LogP contribution in [0.4, 0.5) is 0 Å². The molecule has 2 heterocycles. The first-order valence-corrected chi connectivity index (χ1v) is 9.50. The number of nitrogens with one attached hydrogen (secondary N) is 1. The van der Waals surface area contributed by atoms with E-state index in [9.17, 15) is 9.59 Å². The first-order chi connectivity index (χ1) is 13.1. The van der Waals surface area contributed by atoms with Crippen LogP contribution in [0.2, 0.25) is 0 Å². The van der Waals surface area contributed by atoms with Crippen molar-refractivity contribution in [2.75, 3.05) is 32.7 Å². The van der Waals surface area contributed by atoms with Crippen molar-refractivity contribution in [2.45, 2.75) is 26.3 Å². The normalized spacial score (nSPS) is 14.9. The van der Waals surface area contributed by atoms with Gasteiger partial charge >= 0.3 is 0 Å². The number of amides is 2. The first kappa shape index (κ1) is 19.2. The molecule has 1 aromatic carbocycles. The van der Waals surface area contributed by atoms with E-state index in [2.05, 4.69) is 41.4 Å². The van der Waals surface area contributed by atoms with Gasteiger partial charge in [-0.15, -0.1) is 0 Å². The van der Waals surface area contributed by atoms with Crippen molar-refractivity contribution in [1.82, 2.24) is 15.1 Å². The molecule has 27 heavy (non-hydrogen) atoms. The Morgan fingerprint density at radius 1 is 1.07 bits per heavy atom. The SMILES string of the molecule is Cc1ccccc1CN1CCN(C(=O)CCCNC(=O)c2ccco2)CC1. The molecule has 1 saturated heterocycles. The summed E-state index contributed by atoms with van der Waals surface area (Å²) >= 11 is 0. The van der Waals surface area contributed by atoms with E-state index >= 15 is 0 Å². The maximum Gasteiger partial charge on any atom is 0.286 e. The summed E-state index contributed by atoms with van der Waals surface area (Å²) in [5.74, 6) is 0.223. The Kier molecular flexibility index (Phi) is 6.65. The fraction of sp³-hybridized carbons (Fsp3) is 0.429. The van der Waals surface area contributed by atoms with Crippen molar-refractivity contribution >= 4 is 11.8 Å². The monoisotopic (exact) mass is 369 g/mol. The second-order valence-corrected chi connectivity index (χ2v) is 6.92. The predicted molar refractivity (Wildman–Crippen MR) is 103 cm³/mol. The molecule has 6 nitrogen and oxygen atoms in total. The molecular formula is C21H27N3O3. The highest BCUT2D eigenvalue weighted by Crippen LogP contribution is 2.13. The minimum absolute atomic E-state index is 0.165. The van der Waals surface area contributed by atoms with Crippen molar-refractivity contribution in [3.05, 3.63) is 59.5 Å². The van der Waals surface area contributed by atoms with Crippen molar-refractivity contribution < 1.29 is 14.0 Å². The second-order valence-electron chi connectivity index (χ2n) is 6.92. The summed E-state index contributed by atoms with van der Waals surface area (Å²) in [6, 6.07) is 11.7. The molecule has 0 radical (unpaired) electrons. The number of carbonyl (C=O) groups excluding carboxylic acids is 2. The summed E-state index contributed by atoms with van der Waals surface area (Å²) in [6.45, 7) is 6.88. The molecule has 3 rings (SSSR count). The van der Waals surface area contributed by atoms with Gasteiger partial charge in [0.2, 0.25) is 5.91 Å². The lowest BCUT2D eigenvalue weighted by Crippen LogP contribution is -2.48. The fourth-order valence-electron chi connectivity index (χ4n) is 3.28. The maximum absolute atomic E-state index is 12.4. The highest BCUT2D eigenvalue weighted by Gasteiger charge is 2.21. The highest BCUT2D eigenvalue weighted by molar-refractivity contribution is 5.91. The van der Waals surface area contributed by atoms with E-state index in [1.165, 1.54) is 17.4 Å². The van der Waals surface area contributed by atoms with Crippen LogP contribution < -0.4 is 5.32 Å². The Morgan fingerprint density at radius 3 is 2.56 bits per heavy atom. The van der Waals surface area contributed by atoms with Crippen LogP contribution in [0.1, 0.15) is 34.5 Å². The van der Waals surface area contributed by atoms with Crippen LogP contribution >= 0.6 is 0 Å². The molecule has 1 fully saturated rings. The van der Waals surface area contributed by atoms with Crippen molar-refractivity contribution in [3.63, 3.8) is 0 Å². The fourth-order valence-corrected chi connectivity index (χ4v) is 3.28. The van der Waals surface area contributed by atoms with Gasteiger partial charge in [-0.25, -0.2) is 0 Å². The van der Waals surface area contributed by atoms with Crippen LogP contribution in [0.3, 0.4) is 0 Å². The van der Waals surface area contributed by atoms with Gasteiger partial charge in [-0.05, 0) is 36.6 Å². The van der Waals surface area contributed by atoms with E-state index in [0.29, 0.717) is 25.1 Å². The topological polar surface area (TPSA) is 65.8 Å². The molecule has 0 saturated carbocycles. The molecule has 2 amide bonds. The zero-order chi connectivity index (χ0) is 19.1. The highest BCUT2D eigenvalue weighted by atomic mass is 16.3. The van der Waals surface area contributed by atoms with Crippen LogP contribution in [-0.2, 0) is 11.3 Å². The van der Waals surface area contributed by atoms with Crippen LogP contribution in [0.25, 0.3) is 0 Å². The van der Waals surface area contributed by atoms with Crippen molar-refractivity contribution in [2.24, 2.45) is 0 Å². The summed E-state index contributed by atoms with van der Waals surface area (Å²) < 4.78 is 5.04. The molecule has 1 aromatic heterocycles. The number of rotatable bonds is 7. The number of piperazine rings is 1. The van der Waals surface area contributed by atoms with E-state index in [-0.39, 0.29) is 11.8 Å². The van der Waals surface area contributed by atoms with Crippen LogP contribution in [0.5, 0.6) is 0 Å². The predicted octanol–water partition coefficient (Wildman–Crippen LogP) is 2.44. The van der Waals surface area contributed by atoms with Gasteiger partial charge in [-0.2, -0.15) is 0 Å². The van der Waals surface area contributed by atoms with E-state index < -0.39 is 0 Å². The average Bonchev–Trinajstić information content (AvgIpc) is 3.22. The van der Waals surface area contributed by atoms with E-state index in [1.54, 1.807) is 12.1 Å². The number of benzene rings is 1. The number of hydrogen-bond acceptors (Lipinski definition) is 4. The molecule has 6 heteroatoms. The molecule has 144 valence electrons. The quantitative estimate of drug-likeness (QED) is 0.762. The van der Waals surface area contributed by atoms with Gasteiger partial charge in [0.25, 0.3) is 5.91 Å². The lowest BCUT2D eigenvalue weighted by atomic mass is 10.1. The average molecular weight is 369 g/mol. The Hall–Kier alpha value is -2.60. The lowest BCUT2D eigenvalue weighted by molar-refractivity contribution is -0.133. The molecule has 1 aliphatic rings. The number of carbonyl (C=O) groups is 2. The molecular weight excluding hydrogens is 342 g/mol. The van der Waals surface area contributed by atoms with Crippen molar-refractivity contribution in [1.29, 1.82) is 0 Å². The molecule has 2 aromatic rings. The summed E-state index contributed by atoms with van der Waals surface area (Å²) in [6.07, 6.45) is 2.56. The third-order valence-electron chi connectivity index (χ3n) is 4.98. The minimum Gasteiger partial charge on any atom is -0.459 e. The molecule has 0 unspecified atom stereocenters. The molecule has 1 N–H and O–H groups in total.